The van der Waals surface area contributed by atoms with E-state index in [0.717, 1.165) is 11.1 Å². The first-order valence-electron chi connectivity index (χ1n) is 24.6. The summed E-state index contributed by atoms with van der Waals surface area (Å²) in [6.45, 7) is 23.2. The van der Waals surface area contributed by atoms with E-state index in [-0.39, 0.29) is 47.5 Å². The molecule has 0 heterocycles. The van der Waals surface area contributed by atoms with Gasteiger partial charge in [-0.3, -0.25) is 28.9 Å². The Labute approximate surface area is 427 Å². The van der Waals surface area contributed by atoms with Crippen LogP contribution in [-0.2, 0) is 49.6 Å². The summed E-state index contributed by atoms with van der Waals surface area (Å²) in [5, 5.41) is 8.25. The van der Waals surface area contributed by atoms with E-state index >= 15 is 0 Å². The molecule has 0 aliphatic heterocycles. The number of ketones is 1. The standard InChI is InChI=1S/C53H82N8O10S/c1-32(2)39(60(14)47(66)42(50(6,7)8)58-46(65)43(61(15)49(68)71-51(9,10)11)52(12,13)35-20-17-16-18-21-35)30-34(5)44(63)59-72(69,70)37-25-23-36(24-26-37)53(27-28-53)31-40(62)38(22-19-29-56-48(55)67)57-45(64)41(54)33(3)4/h16-18,20-21,23-26,30,32-33,38-39,41-43H,19,22,27-29,31,54H2,1-15H3,(H,57,64)(H,58,65)(H,59,63)(H3,55,56,67)/b34-30+/t38-,39+,41-,42+,43+/m0/s1. The minimum Gasteiger partial charge on any atom is -0.444 e. The average molecular weight is 1020 g/mol. The first kappa shape index (κ1) is 60.5. The molecule has 0 radical (unpaired) electrons. The quantitative estimate of drug-likeness (QED) is 0.0592. The Kier molecular flexibility index (Phi) is 20.4. The fourth-order valence-corrected chi connectivity index (χ4v) is 9.60. The molecule has 1 aliphatic carbocycles. The number of nitrogens with one attached hydrogen (secondary N) is 4. The molecule has 72 heavy (non-hydrogen) atoms. The minimum absolute atomic E-state index is 0.0189. The third-order valence-corrected chi connectivity index (χ3v) is 14.6. The molecule has 0 spiro atoms. The highest BCUT2D eigenvalue weighted by atomic mass is 32.2. The zero-order chi connectivity index (χ0) is 54.9. The molecular formula is C53H82N8O10S. The third-order valence-electron chi connectivity index (χ3n) is 13.2. The van der Waals surface area contributed by atoms with Gasteiger partial charge in [0, 0.05) is 43.5 Å². The number of nitrogens with zero attached hydrogens (tertiary/aromatic N) is 2. The zero-order valence-corrected chi connectivity index (χ0v) is 45.9. The number of rotatable bonds is 23. The predicted octanol–water partition coefficient (Wildman–Crippen LogP) is 5.57. The SMILES string of the molecule is C/C(=C\[C@H](C(C)C)N(C)C(=O)[C@@H](NC(=O)[C@@H](N(C)C(=O)OC(C)(C)C)C(C)(C)c1ccccc1)C(C)(C)C)C(=O)NS(=O)(=O)c1ccc(C2(CC(=O)[C@H](CCCNC(N)=O)NC(=O)[C@@H](N)C(C)C)CC2)cc1. The Balaban J connectivity index is 1.84. The number of hydrogen-bond acceptors (Lipinski definition) is 11. The van der Waals surface area contributed by atoms with E-state index in [2.05, 4.69) is 20.7 Å². The fraction of sp³-hybridized carbons (Fsp3) is 0.604. The van der Waals surface area contributed by atoms with Crippen LogP contribution in [0.5, 0.6) is 0 Å². The largest absolute Gasteiger partial charge is 0.444 e. The van der Waals surface area contributed by atoms with Gasteiger partial charge in [0.05, 0.1) is 23.0 Å². The van der Waals surface area contributed by atoms with Crippen LogP contribution >= 0.6 is 0 Å². The summed E-state index contributed by atoms with van der Waals surface area (Å²) in [4.78, 5) is 96.8. The number of primary amides is 1. The summed E-state index contributed by atoms with van der Waals surface area (Å²) in [6.07, 6.45) is 2.77. The lowest BCUT2D eigenvalue weighted by Gasteiger charge is -2.42. The van der Waals surface area contributed by atoms with Gasteiger partial charge in [0.25, 0.3) is 15.9 Å². The number of nitrogens with two attached hydrogens (primary N) is 2. The average Bonchev–Trinajstić information content (AvgIpc) is 4.06. The minimum atomic E-state index is -4.40. The number of urea groups is 1. The van der Waals surface area contributed by atoms with Crippen LogP contribution in [0.25, 0.3) is 0 Å². The second-order valence-corrected chi connectivity index (χ2v) is 24.3. The van der Waals surface area contributed by atoms with Crippen LogP contribution in [0.3, 0.4) is 0 Å². The number of likely N-dealkylation sites (N-methyl/N-ethyl adjacent to an activating group) is 2. The third kappa shape index (κ3) is 16.3. The number of sulfonamides is 1. The van der Waals surface area contributed by atoms with Crippen LogP contribution in [0.2, 0.25) is 0 Å². The number of carbonyl (C=O) groups is 7. The molecule has 2 aromatic rings. The lowest BCUT2D eigenvalue weighted by Crippen LogP contribution is -2.63. The Morgan fingerprint density at radius 2 is 1.38 bits per heavy atom. The highest BCUT2D eigenvalue weighted by Gasteiger charge is 2.48. The molecule has 19 heteroatoms. The molecule has 2 aromatic carbocycles. The molecule has 1 saturated carbocycles. The summed E-state index contributed by atoms with van der Waals surface area (Å²) in [7, 11) is -1.36. The fourth-order valence-electron chi connectivity index (χ4n) is 8.58. The lowest BCUT2D eigenvalue weighted by atomic mass is 9.76. The molecule has 5 atom stereocenters. The summed E-state index contributed by atoms with van der Waals surface area (Å²) >= 11 is 0. The van der Waals surface area contributed by atoms with E-state index in [9.17, 15) is 42.0 Å². The molecule has 3 rings (SSSR count). The van der Waals surface area contributed by atoms with Gasteiger partial charge in [-0.1, -0.05) is 111 Å². The molecule has 18 nitrogen and oxygen atoms in total. The summed E-state index contributed by atoms with van der Waals surface area (Å²) < 4.78 is 35.2. The topological polar surface area (TPSA) is 270 Å². The van der Waals surface area contributed by atoms with Crippen LogP contribution in [0.1, 0.15) is 133 Å². The number of ether oxygens (including phenoxy) is 1. The maximum Gasteiger partial charge on any atom is 0.410 e. The van der Waals surface area contributed by atoms with Gasteiger partial charge in [-0.05, 0) is 93.9 Å². The molecule has 0 aromatic heterocycles. The van der Waals surface area contributed by atoms with E-state index < -0.39 is 97.8 Å². The molecule has 7 amide bonds. The van der Waals surface area contributed by atoms with Gasteiger partial charge in [0.1, 0.15) is 17.7 Å². The van der Waals surface area contributed by atoms with E-state index in [4.69, 9.17) is 16.2 Å². The van der Waals surface area contributed by atoms with Crippen LogP contribution in [0, 0.1) is 17.3 Å². The van der Waals surface area contributed by atoms with Crippen LogP contribution < -0.4 is 32.1 Å². The second kappa shape index (κ2) is 24.3. The Morgan fingerprint density at radius 1 is 0.806 bits per heavy atom. The molecule has 0 bridgehead atoms. The van der Waals surface area contributed by atoms with E-state index in [0.29, 0.717) is 19.3 Å². The highest BCUT2D eigenvalue weighted by Crippen LogP contribution is 2.51. The first-order valence-corrected chi connectivity index (χ1v) is 26.1. The van der Waals surface area contributed by atoms with Crippen molar-refractivity contribution in [2.75, 3.05) is 20.6 Å². The van der Waals surface area contributed by atoms with Crippen molar-refractivity contribution in [1.29, 1.82) is 0 Å². The number of hydrogen-bond donors (Lipinski definition) is 6. The van der Waals surface area contributed by atoms with Crippen molar-refractivity contribution < 1.29 is 46.7 Å². The number of carbonyl (C=O) groups excluding carboxylic acids is 7. The monoisotopic (exact) mass is 1020 g/mol. The lowest BCUT2D eigenvalue weighted by molar-refractivity contribution is -0.141. The van der Waals surface area contributed by atoms with Gasteiger partial charge in [0.2, 0.25) is 17.7 Å². The Bertz CT molecular complexity index is 2400. The van der Waals surface area contributed by atoms with Gasteiger partial charge >= 0.3 is 12.1 Å². The Morgan fingerprint density at radius 3 is 1.86 bits per heavy atom. The maximum absolute atomic E-state index is 14.7. The molecular weight excluding hydrogens is 941 g/mol. The van der Waals surface area contributed by atoms with Crippen molar-refractivity contribution in [2.24, 2.45) is 28.7 Å². The number of benzene rings is 2. The van der Waals surface area contributed by atoms with Crippen molar-refractivity contribution in [2.45, 2.75) is 174 Å². The van der Waals surface area contributed by atoms with Crippen molar-refractivity contribution in [3.63, 3.8) is 0 Å². The van der Waals surface area contributed by atoms with Gasteiger partial charge in [0.15, 0.2) is 5.78 Å². The molecule has 1 fully saturated rings. The van der Waals surface area contributed by atoms with Gasteiger partial charge < -0.3 is 37.1 Å². The second-order valence-electron chi connectivity index (χ2n) is 22.6. The van der Waals surface area contributed by atoms with E-state index in [1.807, 2.05) is 58.0 Å². The van der Waals surface area contributed by atoms with Gasteiger partial charge in [-0.2, -0.15) is 0 Å². The smallest absolute Gasteiger partial charge is 0.410 e. The number of Topliss-reactive ketones (excluding diaryl/α,β-unsaturated/α-hetero) is 1. The number of amides is 7. The first-order chi connectivity index (χ1) is 33.1. The molecule has 400 valence electrons. The van der Waals surface area contributed by atoms with Crippen molar-refractivity contribution in [1.82, 2.24) is 30.5 Å². The maximum atomic E-state index is 14.7. The van der Waals surface area contributed by atoms with Crippen LogP contribution in [-0.4, -0.2) is 116 Å². The van der Waals surface area contributed by atoms with Gasteiger partial charge in [-0.25, -0.2) is 22.7 Å². The van der Waals surface area contributed by atoms with E-state index in [1.165, 1.54) is 42.0 Å². The van der Waals surface area contributed by atoms with Crippen LogP contribution in [0.15, 0.2) is 71.1 Å². The van der Waals surface area contributed by atoms with Crippen molar-refractivity contribution in [3.05, 3.63) is 77.4 Å². The Hall–Kier alpha value is -5.82. The summed E-state index contributed by atoms with van der Waals surface area (Å²) in [5.74, 6) is -3.13. The molecule has 0 unspecified atom stereocenters. The molecule has 1 aliphatic rings. The van der Waals surface area contributed by atoms with Gasteiger partial charge in [-0.15, -0.1) is 0 Å². The van der Waals surface area contributed by atoms with Crippen molar-refractivity contribution >= 4 is 51.6 Å². The highest BCUT2D eigenvalue weighted by molar-refractivity contribution is 7.90. The molecule has 8 N–H and O–H groups in total. The zero-order valence-electron chi connectivity index (χ0n) is 45.1. The predicted molar refractivity (Wildman–Crippen MR) is 278 cm³/mol. The van der Waals surface area contributed by atoms with E-state index in [1.54, 1.807) is 74.6 Å². The van der Waals surface area contributed by atoms with Crippen LogP contribution in [0.4, 0.5) is 9.59 Å². The summed E-state index contributed by atoms with van der Waals surface area (Å²) in [5.41, 5.74) is 9.51. The normalized spacial score (nSPS) is 16.1. The summed E-state index contributed by atoms with van der Waals surface area (Å²) in [6, 6.07) is 9.82. The van der Waals surface area contributed by atoms with Crippen molar-refractivity contribution in [3.8, 4) is 0 Å². The molecule has 0 saturated heterocycles.